The lowest BCUT2D eigenvalue weighted by Crippen LogP contribution is -2.27. The number of benzene rings is 1. The fraction of sp³-hybridized carbons (Fsp3) is 0.462. The Balaban J connectivity index is 1.74. The zero-order chi connectivity index (χ0) is 13.0. The predicted molar refractivity (Wildman–Crippen MR) is 69.6 cm³/mol. The van der Waals surface area contributed by atoms with Crippen molar-refractivity contribution < 1.29 is 13.2 Å². The molecule has 1 aromatic rings. The highest BCUT2D eigenvalue weighted by atomic mass is 32.2. The van der Waals surface area contributed by atoms with Crippen molar-refractivity contribution in [3.8, 4) is 0 Å². The Labute approximate surface area is 111 Å². The van der Waals surface area contributed by atoms with Crippen molar-refractivity contribution in [1.82, 2.24) is 4.72 Å². The quantitative estimate of drug-likeness (QED) is 0.834. The van der Waals surface area contributed by atoms with Gasteiger partial charge in [-0.25, -0.2) is 8.42 Å². The van der Waals surface area contributed by atoms with E-state index in [4.69, 9.17) is 4.74 Å². The summed E-state index contributed by atoms with van der Waals surface area (Å²) in [4.78, 5) is 4.91. The second kappa shape index (κ2) is 3.80. The second-order valence-corrected chi connectivity index (χ2v) is 6.91. The summed E-state index contributed by atoms with van der Waals surface area (Å²) in [7, 11) is -3.43. The van der Waals surface area contributed by atoms with Crippen LogP contribution >= 0.6 is 0 Å². The molecule has 3 atom stereocenters. The molecule has 1 N–H and O–H groups in total. The van der Waals surface area contributed by atoms with E-state index >= 15 is 0 Å². The number of nitrogens with zero attached hydrogens (tertiary/aromatic N) is 1. The van der Waals surface area contributed by atoms with Gasteiger partial charge in [-0.3, -0.25) is 9.71 Å². The van der Waals surface area contributed by atoms with E-state index in [1.54, 1.807) is 18.2 Å². The molecule has 2 fully saturated rings. The number of amidine groups is 1. The van der Waals surface area contributed by atoms with E-state index in [1.807, 2.05) is 6.07 Å². The minimum absolute atomic E-state index is 0.0857. The summed E-state index contributed by atoms with van der Waals surface area (Å²) in [6.45, 7) is 0. The van der Waals surface area contributed by atoms with Gasteiger partial charge in [0.2, 0.25) is 0 Å². The van der Waals surface area contributed by atoms with E-state index < -0.39 is 10.0 Å². The van der Waals surface area contributed by atoms with E-state index in [1.165, 1.54) is 0 Å². The highest BCUT2D eigenvalue weighted by Crippen LogP contribution is 2.36. The minimum atomic E-state index is -3.43. The van der Waals surface area contributed by atoms with Crippen LogP contribution in [0.25, 0.3) is 0 Å². The Morgan fingerprint density at radius 3 is 2.84 bits per heavy atom. The molecule has 3 heterocycles. The van der Waals surface area contributed by atoms with Gasteiger partial charge in [-0.2, -0.15) is 0 Å². The van der Waals surface area contributed by atoms with Crippen LogP contribution in [0.5, 0.6) is 0 Å². The van der Waals surface area contributed by atoms with Crippen LogP contribution in [-0.2, 0) is 14.8 Å². The molecule has 0 radical (unpaired) electrons. The fourth-order valence-electron chi connectivity index (χ4n) is 3.14. The lowest BCUT2D eigenvalue weighted by molar-refractivity contribution is 0.101. The van der Waals surface area contributed by atoms with Crippen LogP contribution in [0.15, 0.2) is 34.2 Å². The van der Waals surface area contributed by atoms with Crippen LogP contribution < -0.4 is 4.72 Å². The lowest BCUT2D eigenvalue weighted by Gasteiger charge is -2.14. The van der Waals surface area contributed by atoms with Gasteiger partial charge < -0.3 is 4.74 Å². The lowest BCUT2D eigenvalue weighted by atomic mass is 9.96. The van der Waals surface area contributed by atoms with Crippen LogP contribution in [0.4, 0.5) is 0 Å². The molecule has 0 amide bonds. The number of nitrogens with one attached hydrogen (secondary N) is 1. The second-order valence-electron chi connectivity index (χ2n) is 5.26. The van der Waals surface area contributed by atoms with Gasteiger partial charge in [-0.05, 0) is 31.4 Å². The Bertz CT molecular complexity index is 668. The molecule has 0 spiro atoms. The summed E-state index contributed by atoms with van der Waals surface area (Å²) < 4.78 is 32.2. The van der Waals surface area contributed by atoms with E-state index in [-0.39, 0.29) is 12.1 Å². The smallest absolute Gasteiger partial charge is 0.263 e. The molecule has 3 aliphatic rings. The van der Waals surface area contributed by atoms with Gasteiger partial charge in [-0.1, -0.05) is 12.1 Å². The molecule has 2 saturated heterocycles. The van der Waals surface area contributed by atoms with Crippen molar-refractivity contribution >= 4 is 15.9 Å². The molecule has 3 aliphatic heterocycles. The molecule has 0 aliphatic carbocycles. The Hall–Kier alpha value is -1.40. The number of fused-ring (bicyclic) bond motifs is 3. The fourth-order valence-corrected chi connectivity index (χ4v) is 4.38. The first-order valence-electron chi connectivity index (χ1n) is 6.49. The molecule has 6 heteroatoms. The number of ether oxygens (including phenoxy) is 1. The van der Waals surface area contributed by atoms with Crippen molar-refractivity contribution in [2.45, 2.75) is 42.4 Å². The zero-order valence-corrected chi connectivity index (χ0v) is 11.1. The third kappa shape index (κ3) is 1.70. The standard InChI is InChI=1S/C13H14N2O3S/c16-19(17)12-4-2-1-3-9(12)13(15-19)14-10-7-8-5-6-11(10)18-8/h1-4,8,10-11H,5-7H2,(H,14,15). The molecule has 100 valence electrons. The van der Waals surface area contributed by atoms with Gasteiger partial charge >= 0.3 is 0 Å². The average Bonchev–Trinajstić information content (AvgIpc) is 3.05. The summed E-state index contributed by atoms with van der Waals surface area (Å²) >= 11 is 0. The highest BCUT2D eigenvalue weighted by Gasteiger charge is 2.42. The van der Waals surface area contributed by atoms with Gasteiger partial charge in [0.05, 0.1) is 23.1 Å². The normalized spacial score (nSPS) is 36.4. The van der Waals surface area contributed by atoms with Gasteiger partial charge in [0, 0.05) is 5.56 Å². The van der Waals surface area contributed by atoms with Crippen LogP contribution in [0, 0.1) is 0 Å². The zero-order valence-electron chi connectivity index (χ0n) is 10.2. The molecule has 3 unspecified atom stereocenters. The number of hydrogen-bond donors (Lipinski definition) is 1. The molecule has 5 nitrogen and oxygen atoms in total. The van der Waals surface area contributed by atoms with Crippen LogP contribution in [0.2, 0.25) is 0 Å². The number of aliphatic imine (C=N–C) groups is 1. The molecule has 0 aromatic heterocycles. The van der Waals surface area contributed by atoms with Crippen molar-refractivity contribution in [1.29, 1.82) is 0 Å². The molecule has 4 rings (SSSR count). The summed E-state index contributed by atoms with van der Waals surface area (Å²) in [6, 6.07) is 7.04. The van der Waals surface area contributed by atoms with E-state index in [0.29, 0.717) is 22.4 Å². The maximum absolute atomic E-state index is 12.0. The molecular weight excluding hydrogens is 264 g/mol. The van der Waals surface area contributed by atoms with E-state index in [0.717, 1.165) is 19.3 Å². The molecule has 1 aromatic carbocycles. The van der Waals surface area contributed by atoms with Crippen LogP contribution in [0.1, 0.15) is 24.8 Å². The van der Waals surface area contributed by atoms with Gasteiger partial charge in [-0.15, -0.1) is 0 Å². The Kier molecular flexibility index (Phi) is 2.29. The van der Waals surface area contributed by atoms with Crippen LogP contribution in [-0.4, -0.2) is 32.5 Å². The summed E-state index contributed by atoms with van der Waals surface area (Å²) in [6.07, 6.45) is 3.51. The maximum Gasteiger partial charge on any atom is 0.263 e. The minimum Gasteiger partial charge on any atom is -0.373 e. The van der Waals surface area contributed by atoms with Crippen molar-refractivity contribution in [3.63, 3.8) is 0 Å². The Morgan fingerprint density at radius 2 is 2.11 bits per heavy atom. The summed E-state index contributed by atoms with van der Waals surface area (Å²) in [5.74, 6) is 0.469. The van der Waals surface area contributed by atoms with Crippen molar-refractivity contribution in [3.05, 3.63) is 29.8 Å². The molecule has 0 saturated carbocycles. The van der Waals surface area contributed by atoms with Gasteiger partial charge in [0.25, 0.3) is 10.0 Å². The van der Waals surface area contributed by atoms with E-state index in [9.17, 15) is 8.42 Å². The summed E-state index contributed by atoms with van der Waals surface area (Å²) in [5.41, 5.74) is 0.672. The molecular formula is C13H14N2O3S. The van der Waals surface area contributed by atoms with E-state index in [2.05, 4.69) is 9.71 Å². The predicted octanol–water partition coefficient (Wildman–Crippen LogP) is 1.04. The summed E-state index contributed by atoms with van der Waals surface area (Å²) in [5, 5.41) is 0. The first-order chi connectivity index (χ1) is 9.13. The highest BCUT2D eigenvalue weighted by molar-refractivity contribution is 7.90. The topological polar surface area (TPSA) is 67.8 Å². The van der Waals surface area contributed by atoms with Crippen LogP contribution in [0.3, 0.4) is 0 Å². The third-order valence-corrected chi connectivity index (χ3v) is 5.43. The van der Waals surface area contributed by atoms with Gasteiger partial charge in [0.15, 0.2) is 0 Å². The van der Waals surface area contributed by atoms with Crippen molar-refractivity contribution in [2.75, 3.05) is 0 Å². The largest absolute Gasteiger partial charge is 0.373 e. The Morgan fingerprint density at radius 1 is 1.26 bits per heavy atom. The third-order valence-electron chi connectivity index (χ3n) is 4.03. The SMILES string of the molecule is O=S1(=O)NC(=NC2CC3CCC2O3)c2ccccc21. The van der Waals surface area contributed by atoms with Crippen molar-refractivity contribution in [2.24, 2.45) is 4.99 Å². The first-order valence-corrected chi connectivity index (χ1v) is 7.97. The monoisotopic (exact) mass is 278 g/mol. The molecule has 19 heavy (non-hydrogen) atoms. The first kappa shape index (κ1) is 11.4. The maximum atomic E-state index is 12.0. The number of rotatable bonds is 1. The molecule has 2 bridgehead atoms. The number of sulfonamides is 1. The average molecular weight is 278 g/mol. The van der Waals surface area contributed by atoms with Gasteiger partial charge in [0.1, 0.15) is 5.84 Å². The number of hydrogen-bond acceptors (Lipinski definition) is 4.